The van der Waals surface area contributed by atoms with E-state index in [4.69, 9.17) is 4.74 Å². The molecule has 4 aliphatic rings. The summed E-state index contributed by atoms with van der Waals surface area (Å²) in [7, 11) is -6.88. The number of sulfone groups is 1. The number of rotatable bonds is 6. The molecule has 2 bridgehead atoms. The lowest BCUT2D eigenvalue weighted by Gasteiger charge is -2.49. The van der Waals surface area contributed by atoms with Crippen LogP contribution in [0.2, 0.25) is 0 Å². The molecule has 4 fully saturated rings. The van der Waals surface area contributed by atoms with E-state index in [1.54, 1.807) is 19.1 Å². The van der Waals surface area contributed by atoms with Gasteiger partial charge in [0.05, 0.1) is 29.3 Å². The highest BCUT2D eigenvalue weighted by Crippen LogP contribution is 2.48. The van der Waals surface area contributed by atoms with Gasteiger partial charge in [0.25, 0.3) is 0 Å². The van der Waals surface area contributed by atoms with Crippen LogP contribution in [0.25, 0.3) is 0 Å². The van der Waals surface area contributed by atoms with E-state index in [9.17, 15) is 21.9 Å². The molecule has 11 heteroatoms. The Labute approximate surface area is 195 Å². The van der Waals surface area contributed by atoms with Crippen LogP contribution in [-0.2, 0) is 24.6 Å². The van der Waals surface area contributed by atoms with Crippen LogP contribution in [0.15, 0.2) is 17.0 Å². The van der Waals surface area contributed by atoms with Gasteiger partial charge in [-0.3, -0.25) is 0 Å². The summed E-state index contributed by atoms with van der Waals surface area (Å²) in [6.07, 6.45) is 5.11. The maximum absolute atomic E-state index is 13.2. The van der Waals surface area contributed by atoms with Crippen LogP contribution in [0.4, 0.5) is 5.82 Å². The van der Waals surface area contributed by atoms with Crippen molar-refractivity contribution in [1.82, 2.24) is 9.71 Å². The molecule has 0 radical (unpaired) electrons. The number of hydrogen-bond donors (Lipinski definition) is 3. The van der Waals surface area contributed by atoms with Gasteiger partial charge in [-0.15, -0.1) is 0 Å². The Morgan fingerprint density at radius 2 is 1.88 bits per heavy atom. The van der Waals surface area contributed by atoms with Crippen molar-refractivity contribution < 1.29 is 26.7 Å². The Kier molecular flexibility index (Phi) is 6.00. The molecule has 9 nitrogen and oxygen atoms in total. The van der Waals surface area contributed by atoms with Gasteiger partial charge in [-0.1, -0.05) is 0 Å². The summed E-state index contributed by atoms with van der Waals surface area (Å²) in [6.45, 7) is 2.54. The lowest BCUT2D eigenvalue weighted by Crippen LogP contribution is -2.49. The molecule has 3 aliphatic heterocycles. The first-order valence-corrected chi connectivity index (χ1v) is 14.9. The van der Waals surface area contributed by atoms with Crippen molar-refractivity contribution in [3.8, 4) is 0 Å². The summed E-state index contributed by atoms with van der Waals surface area (Å²) < 4.78 is 59.7. The molecule has 3 N–H and O–H groups in total. The predicted octanol–water partition coefficient (Wildman–Crippen LogP) is 1.51. The molecule has 1 aliphatic carbocycles. The van der Waals surface area contributed by atoms with Crippen LogP contribution >= 0.6 is 0 Å². The third-order valence-electron chi connectivity index (χ3n) is 7.92. The number of anilines is 1. The van der Waals surface area contributed by atoms with E-state index in [-0.39, 0.29) is 51.4 Å². The zero-order valence-corrected chi connectivity index (χ0v) is 20.5. The number of nitrogens with zero attached hydrogens (tertiary/aromatic N) is 1. The van der Waals surface area contributed by atoms with E-state index < -0.39 is 19.9 Å². The first-order chi connectivity index (χ1) is 15.6. The average molecular weight is 500 g/mol. The number of aliphatic hydroxyl groups excluding tert-OH is 1. The van der Waals surface area contributed by atoms with E-state index in [0.29, 0.717) is 38.0 Å². The maximum atomic E-state index is 13.2. The Balaban J connectivity index is 1.24. The van der Waals surface area contributed by atoms with Gasteiger partial charge in [0.15, 0.2) is 9.84 Å². The van der Waals surface area contributed by atoms with Crippen LogP contribution in [-0.4, -0.2) is 68.8 Å². The van der Waals surface area contributed by atoms with Gasteiger partial charge < -0.3 is 15.2 Å². The summed E-state index contributed by atoms with van der Waals surface area (Å²) in [5.41, 5.74) is 0.756. The molecular weight excluding hydrogens is 466 g/mol. The average Bonchev–Trinajstić information content (AvgIpc) is 2.89. The lowest BCUT2D eigenvalue weighted by molar-refractivity contribution is -0.138. The normalized spacial score (nSPS) is 37.6. The Morgan fingerprint density at radius 3 is 2.48 bits per heavy atom. The summed E-state index contributed by atoms with van der Waals surface area (Å²) in [6, 6.07) is 3.09. The highest BCUT2D eigenvalue weighted by molar-refractivity contribution is 7.93. The monoisotopic (exact) mass is 499 g/mol. The number of aryl methyl sites for hydroxylation is 1. The number of fused-ring (bicyclic) bond motifs is 2. The largest absolute Gasteiger partial charge is 0.393 e. The summed E-state index contributed by atoms with van der Waals surface area (Å²) in [5, 5.41) is 12.2. The Hall–Kier alpha value is -1.27. The van der Waals surface area contributed by atoms with Crippen molar-refractivity contribution >= 4 is 25.7 Å². The summed E-state index contributed by atoms with van der Waals surface area (Å²) in [4.78, 5) is 4.52. The van der Waals surface area contributed by atoms with Crippen molar-refractivity contribution in [1.29, 1.82) is 0 Å². The Bertz CT molecular complexity index is 1090. The van der Waals surface area contributed by atoms with Crippen molar-refractivity contribution in [2.45, 2.75) is 91.9 Å². The van der Waals surface area contributed by atoms with Gasteiger partial charge in [0.2, 0.25) is 10.0 Å². The van der Waals surface area contributed by atoms with Crippen LogP contribution in [0.3, 0.4) is 0 Å². The highest BCUT2D eigenvalue weighted by Gasteiger charge is 2.48. The van der Waals surface area contributed by atoms with Crippen LogP contribution in [0.1, 0.15) is 57.1 Å². The number of nitrogens with one attached hydrogen (secondary N) is 2. The van der Waals surface area contributed by atoms with Crippen LogP contribution < -0.4 is 10.0 Å². The molecule has 1 saturated carbocycles. The fraction of sp³-hybridized carbons (Fsp3) is 0.773. The van der Waals surface area contributed by atoms with Crippen molar-refractivity contribution in [3.63, 3.8) is 0 Å². The fourth-order valence-electron chi connectivity index (χ4n) is 6.00. The molecule has 3 saturated heterocycles. The van der Waals surface area contributed by atoms with E-state index >= 15 is 0 Å². The van der Waals surface area contributed by atoms with E-state index in [2.05, 4.69) is 15.0 Å². The van der Waals surface area contributed by atoms with Gasteiger partial charge in [0.1, 0.15) is 10.7 Å². The van der Waals surface area contributed by atoms with Gasteiger partial charge in [-0.25, -0.2) is 26.5 Å². The first-order valence-electron chi connectivity index (χ1n) is 11.8. The smallest absolute Gasteiger partial charge is 0.244 e. The van der Waals surface area contributed by atoms with Gasteiger partial charge >= 0.3 is 0 Å². The molecule has 1 aromatic heterocycles. The predicted molar refractivity (Wildman–Crippen MR) is 123 cm³/mol. The highest BCUT2D eigenvalue weighted by atomic mass is 32.2. The number of hydrogen-bond acceptors (Lipinski definition) is 8. The Morgan fingerprint density at radius 1 is 1.18 bits per heavy atom. The minimum atomic E-state index is -3.83. The molecule has 1 spiro atoms. The molecule has 33 heavy (non-hydrogen) atoms. The standard InChI is InChI=1S/C22H33N3O6S2/c1-14-2-5-20(21(24-14)25-15-8-18-3-4-19(9-15)32(18,27)28)33(29,30)23-12-17-6-7-22(13-31-17)10-16(26)11-22/h2,5,15-19,23,26H,3-4,6-13H2,1H3,(H,24,25). The molecule has 184 valence electrons. The second kappa shape index (κ2) is 8.44. The second-order valence-corrected chi connectivity index (χ2v) is 14.7. The van der Waals surface area contributed by atoms with Gasteiger partial charge in [-0.2, -0.15) is 0 Å². The van der Waals surface area contributed by atoms with Gasteiger partial charge in [-0.05, 0) is 75.8 Å². The first kappa shape index (κ1) is 23.5. The maximum Gasteiger partial charge on any atom is 0.244 e. The van der Waals surface area contributed by atoms with Crippen LogP contribution in [0.5, 0.6) is 0 Å². The summed E-state index contributed by atoms with van der Waals surface area (Å²) in [5.74, 6) is 0.276. The quantitative estimate of drug-likeness (QED) is 0.536. The van der Waals surface area contributed by atoms with Crippen molar-refractivity contribution in [2.24, 2.45) is 5.41 Å². The number of pyridine rings is 1. The van der Waals surface area contributed by atoms with E-state index in [1.807, 2.05) is 0 Å². The zero-order valence-electron chi connectivity index (χ0n) is 18.9. The van der Waals surface area contributed by atoms with Crippen molar-refractivity contribution in [3.05, 3.63) is 17.8 Å². The molecular formula is C22H33N3O6S2. The molecule has 5 rings (SSSR count). The lowest BCUT2D eigenvalue weighted by atomic mass is 9.63. The molecule has 1 aromatic rings. The molecule has 0 aromatic carbocycles. The zero-order chi connectivity index (χ0) is 23.4. The third kappa shape index (κ3) is 4.54. The molecule has 0 amide bonds. The second-order valence-electron chi connectivity index (χ2n) is 10.4. The fourth-order valence-corrected chi connectivity index (χ4v) is 9.65. The van der Waals surface area contributed by atoms with E-state index in [0.717, 1.165) is 25.7 Å². The summed E-state index contributed by atoms with van der Waals surface area (Å²) >= 11 is 0. The number of sulfonamides is 1. The topological polar surface area (TPSA) is 135 Å². The molecule has 4 heterocycles. The molecule has 3 unspecified atom stereocenters. The SMILES string of the molecule is Cc1ccc(S(=O)(=O)NCC2CCC3(CO2)CC(O)C3)c(NC2CC3CCC(C2)S3(=O)=O)n1. The minimum absolute atomic E-state index is 0.0691. The van der Waals surface area contributed by atoms with Crippen LogP contribution in [0, 0.1) is 12.3 Å². The van der Waals surface area contributed by atoms with Gasteiger partial charge in [0, 0.05) is 18.3 Å². The number of ether oxygens (including phenoxy) is 1. The number of aliphatic hydroxyl groups is 1. The minimum Gasteiger partial charge on any atom is -0.393 e. The van der Waals surface area contributed by atoms with E-state index in [1.165, 1.54) is 0 Å². The number of aromatic nitrogens is 1. The molecule has 3 atom stereocenters. The third-order valence-corrected chi connectivity index (χ3v) is 12.1. The van der Waals surface area contributed by atoms with Crippen molar-refractivity contribution in [2.75, 3.05) is 18.5 Å².